The zero-order valence-electron chi connectivity index (χ0n) is 24.5. The van der Waals surface area contributed by atoms with Gasteiger partial charge >= 0.3 is 0 Å². The number of phenols is 1. The molecule has 3 aliphatic rings. The number of nitrogens with zero attached hydrogens (tertiary/aromatic N) is 2. The molecule has 1 N–H and O–H groups in total. The van der Waals surface area contributed by atoms with Gasteiger partial charge < -0.3 is 9.84 Å². The second-order valence-corrected chi connectivity index (χ2v) is 11.8. The van der Waals surface area contributed by atoms with Crippen molar-refractivity contribution in [3.63, 3.8) is 0 Å². The van der Waals surface area contributed by atoms with E-state index in [4.69, 9.17) is 4.74 Å². The third-order valence-electron chi connectivity index (χ3n) is 9.33. The highest BCUT2D eigenvalue weighted by Gasteiger charge is 2.57. The van der Waals surface area contributed by atoms with Crippen molar-refractivity contribution >= 4 is 40.0 Å². The fourth-order valence-corrected chi connectivity index (χ4v) is 7.37. The van der Waals surface area contributed by atoms with E-state index in [2.05, 4.69) is 19.9 Å². The number of phenolic OH excluding ortho intramolecular Hbond substituents is 1. The largest absolute Gasteiger partial charge is 0.507 e. The lowest BCUT2D eigenvalue weighted by Crippen LogP contribution is -2.34. The molecule has 43 heavy (non-hydrogen) atoms. The third kappa shape index (κ3) is 5.14. The van der Waals surface area contributed by atoms with Crippen molar-refractivity contribution in [3.05, 3.63) is 93.1 Å². The number of hydrogen-bond acceptors (Lipinski definition) is 6. The molecule has 0 aromatic heterocycles. The van der Waals surface area contributed by atoms with E-state index < -0.39 is 16.8 Å². The maximum Gasteiger partial charge on any atom is 0.271 e. The number of carbonyl (C=O) groups excluding carboxylic acids is 2. The smallest absolute Gasteiger partial charge is 0.271 e. The molecule has 0 unspecified atom stereocenters. The van der Waals surface area contributed by atoms with Crippen molar-refractivity contribution in [1.82, 2.24) is 0 Å². The van der Waals surface area contributed by atoms with Crippen LogP contribution < -0.4 is 4.90 Å². The summed E-state index contributed by atoms with van der Waals surface area (Å²) in [5.41, 5.74) is 4.86. The summed E-state index contributed by atoms with van der Waals surface area (Å²) < 4.78 is 6.39. The molecule has 3 aromatic carbocycles. The van der Waals surface area contributed by atoms with Gasteiger partial charge in [-0.15, -0.1) is 0 Å². The van der Waals surface area contributed by atoms with E-state index in [1.807, 2.05) is 30.3 Å². The number of aromatic hydroxyl groups is 1. The number of ether oxygens (including phenoxy) is 1. The summed E-state index contributed by atoms with van der Waals surface area (Å²) in [5.74, 6) is -1.46. The molecule has 0 bridgehead atoms. The molecule has 2 fully saturated rings. The number of benzene rings is 3. The van der Waals surface area contributed by atoms with Crippen molar-refractivity contribution in [1.29, 1.82) is 0 Å². The van der Waals surface area contributed by atoms with Crippen molar-refractivity contribution in [2.75, 3.05) is 11.5 Å². The molecule has 1 aliphatic carbocycles. The quantitative estimate of drug-likeness (QED) is 0.123. The van der Waals surface area contributed by atoms with Crippen molar-refractivity contribution < 1.29 is 24.4 Å². The van der Waals surface area contributed by atoms with Gasteiger partial charge in [-0.25, -0.2) is 4.90 Å². The van der Waals surface area contributed by atoms with Crippen LogP contribution in [0, 0.1) is 27.9 Å². The first kappa shape index (κ1) is 28.8. The van der Waals surface area contributed by atoms with Crippen LogP contribution in [0.4, 0.5) is 11.4 Å². The van der Waals surface area contributed by atoms with E-state index in [1.54, 1.807) is 12.1 Å². The van der Waals surface area contributed by atoms with E-state index in [0.29, 0.717) is 13.0 Å². The van der Waals surface area contributed by atoms with Gasteiger partial charge in [-0.3, -0.25) is 19.7 Å². The number of nitro benzene ring substituents is 1. The highest BCUT2D eigenvalue weighted by Crippen LogP contribution is 2.51. The number of nitro groups is 1. The normalized spacial score (nSPS) is 23.7. The van der Waals surface area contributed by atoms with Gasteiger partial charge in [-0.1, -0.05) is 73.9 Å². The molecule has 3 aromatic rings. The molecule has 2 heterocycles. The minimum absolute atomic E-state index is 0.118. The molecule has 8 nitrogen and oxygen atoms in total. The van der Waals surface area contributed by atoms with E-state index in [0.717, 1.165) is 53.3 Å². The summed E-state index contributed by atoms with van der Waals surface area (Å²) in [6.45, 7) is 4.65. The second-order valence-electron chi connectivity index (χ2n) is 11.8. The summed E-state index contributed by atoms with van der Waals surface area (Å²) in [6, 6.07) is 17.3. The molecule has 0 radical (unpaired) electrons. The van der Waals surface area contributed by atoms with Crippen LogP contribution in [0.1, 0.15) is 57.9 Å². The average molecular weight is 581 g/mol. The topological polar surface area (TPSA) is 110 Å². The lowest BCUT2D eigenvalue weighted by molar-refractivity contribution is -0.384. The number of non-ortho nitro benzene ring substituents is 1. The highest BCUT2D eigenvalue weighted by molar-refractivity contribution is 6.22. The average Bonchev–Trinajstić information content (AvgIpc) is 3.55. The minimum atomic E-state index is -0.518. The molecule has 0 saturated carbocycles. The number of hydrogen-bond donors (Lipinski definition) is 1. The predicted octanol–water partition coefficient (Wildman–Crippen LogP) is 7.35. The van der Waals surface area contributed by atoms with Crippen LogP contribution in [0.3, 0.4) is 0 Å². The zero-order chi connectivity index (χ0) is 30.2. The van der Waals surface area contributed by atoms with Crippen LogP contribution in [0.25, 0.3) is 16.8 Å². The molecule has 222 valence electrons. The molecule has 0 spiro atoms. The fourth-order valence-electron chi connectivity index (χ4n) is 7.37. The van der Waals surface area contributed by atoms with Crippen LogP contribution >= 0.6 is 0 Å². The van der Waals surface area contributed by atoms with E-state index in [1.165, 1.54) is 34.9 Å². The molecule has 2 saturated heterocycles. The Balaban J connectivity index is 1.25. The van der Waals surface area contributed by atoms with E-state index in [-0.39, 0.29) is 41.0 Å². The summed E-state index contributed by atoms with van der Waals surface area (Å²) in [6.07, 6.45) is 6.98. The van der Waals surface area contributed by atoms with Crippen LogP contribution in [-0.4, -0.2) is 34.6 Å². The highest BCUT2D eigenvalue weighted by atomic mass is 16.6. The maximum atomic E-state index is 13.8. The van der Waals surface area contributed by atoms with Gasteiger partial charge in [0.25, 0.3) is 5.69 Å². The second kappa shape index (κ2) is 11.8. The molecule has 4 atom stereocenters. The molecule has 2 aliphatic heterocycles. The first-order valence-corrected chi connectivity index (χ1v) is 15.2. The van der Waals surface area contributed by atoms with Gasteiger partial charge in [0.15, 0.2) is 0 Å². The van der Waals surface area contributed by atoms with Gasteiger partial charge in [0.2, 0.25) is 11.8 Å². The summed E-state index contributed by atoms with van der Waals surface area (Å²) in [5, 5.41) is 23.5. The lowest BCUT2D eigenvalue weighted by atomic mass is 9.69. The summed E-state index contributed by atoms with van der Waals surface area (Å²) in [7, 11) is 0. The van der Waals surface area contributed by atoms with Crippen molar-refractivity contribution in [2.24, 2.45) is 17.8 Å². The predicted molar refractivity (Wildman–Crippen MR) is 165 cm³/mol. The first-order valence-electron chi connectivity index (χ1n) is 15.2. The Morgan fingerprint density at radius 1 is 1.02 bits per heavy atom. The van der Waals surface area contributed by atoms with Crippen molar-refractivity contribution in [2.45, 2.75) is 58.5 Å². The summed E-state index contributed by atoms with van der Waals surface area (Å²) >= 11 is 0. The standard InChI is InChI=1S/C35H36N2O6/c1-3-8-21(17-23-14-15-30(38)27-12-6-5-11-26(23)27)13-16-31-32-22(4-2)18-28-33(29(32)20-43-31)35(40)36(34(28)39)24-9-7-10-25(19-24)37(41)42/h5-7,9-12,14-15,17,19,28-29,31,33,38H,3-4,8,13,16,18,20H2,1-2H3/b21-17+/t28-,29+,31-,33-/m1/s1. The number of imide groups is 1. The summed E-state index contributed by atoms with van der Waals surface area (Å²) in [4.78, 5) is 39.4. The molecular weight excluding hydrogens is 544 g/mol. The Morgan fingerprint density at radius 2 is 1.81 bits per heavy atom. The van der Waals surface area contributed by atoms with E-state index in [9.17, 15) is 24.8 Å². The Hall–Kier alpha value is -4.30. The van der Waals surface area contributed by atoms with E-state index >= 15 is 0 Å². The Morgan fingerprint density at radius 3 is 2.56 bits per heavy atom. The van der Waals surface area contributed by atoms with Gasteiger partial charge in [0, 0.05) is 23.4 Å². The zero-order valence-corrected chi connectivity index (χ0v) is 24.5. The Bertz CT molecular complexity index is 1670. The number of amides is 2. The third-order valence-corrected chi connectivity index (χ3v) is 9.33. The van der Waals surface area contributed by atoms with Gasteiger partial charge in [0.05, 0.1) is 35.2 Å². The first-order chi connectivity index (χ1) is 20.8. The minimum Gasteiger partial charge on any atom is -0.507 e. The van der Waals surface area contributed by atoms with Crippen LogP contribution in [0.5, 0.6) is 5.75 Å². The molecular formula is C35H36N2O6. The Labute approximate surface area is 250 Å². The molecule has 8 heteroatoms. The monoisotopic (exact) mass is 580 g/mol. The van der Waals surface area contributed by atoms with Crippen LogP contribution in [0.15, 0.2) is 77.4 Å². The van der Waals surface area contributed by atoms with Gasteiger partial charge in [0.1, 0.15) is 5.75 Å². The van der Waals surface area contributed by atoms with Crippen molar-refractivity contribution in [3.8, 4) is 5.75 Å². The Kier molecular flexibility index (Phi) is 7.88. The maximum absolute atomic E-state index is 13.8. The number of fused-ring (bicyclic) bond motifs is 4. The van der Waals surface area contributed by atoms with Crippen LogP contribution in [-0.2, 0) is 14.3 Å². The SMILES string of the molecule is CCC/C(=C\c1ccc(O)c2ccccc12)CC[C@H]1OC[C@H]2C1=C(CC)C[C@H]1C(=O)N(c3cccc([N+](=O)[O-])c3)C(=O)[C@H]12. The lowest BCUT2D eigenvalue weighted by Gasteiger charge is -2.31. The number of carbonyl (C=O) groups is 2. The van der Waals surface area contributed by atoms with Gasteiger partial charge in [-0.05, 0) is 60.8 Å². The number of rotatable bonds is 9. The van der Waals surface area contributed by atoms with Crippen LogP contribution in [0.2, 0.25) is 0 Å². The molecule has 2 amide bonds. The number of allylic oxidation sites excluding steroid dienone is 2. The molecule has 6 rings (SSSR count). The number of anilines is 1. The fraction of sp³-hybridized carbons (Fsp3) is 0.371. The van der Waals surface area contributed by atoms with Gasteiger partial charge in [-0.2, -0.15) is 0 Å².